The molecule has 0 amide bonds. The Morgan fingerprint density at radius 2 is 1.65 bits per heavy atom. The van der Waals surface area contributed by atoms with E-state index in [9.17, 15) is 31.6 Å². The summed E-state index contributed by atoms with van der Waals surface area (Å²) in [5.74, 6) is 0. The van der Waals surface area contributed by atoms with Gasteiger partial charge in [0.15, 0.2) is 0 Å². The van der Waals surface area contributed by atoms with E-state index in [-0.39, 0.29) is 23.4 Å². The lowest BCUT2D eigenvalue weighted by atomic mass is 10.1. The second-order valence-electron chi connectivity index (χ2n) is 5.12. The van der Waals surface area contributed by atoms with Gasteiger partial charge in [-0.1, -0.05) is 12.1 Å². The second-order valence-corrected chi connectivity index (χ2v) is 5.91. The standard InChI is InChI=1S/C16H11BrF6N2O/c1-2-26-8-25-13(9-3-5-10(6-4-9)15(18,19)20)11(7-24)12(17)14(25)16(21,22)23/h3-6H,2,8H2,1H3. The highest BCUT2D eigenvalue weighted by Crippen LogP contribution is 2.43. The molecule has 0 aliphatic heterocycles. The minimum Gasteiger partial charge on any atom is -0.361 e. The third kappa shape index (κ3) is 3.88. The van der Waals surface area contributed by atoms with Gasteiger partial charge >= 0.3 is 12.4 Å². The van der Waals surface area contributed by atoms with Crippen LogP contribution in [0.25, 0.3) is 11.3 Å². The first-order valence-corrected chi connectivity index (χ1v) is 7.96. The zero-order chi connectivity index (χ0) is 19.7. The van der Waals surface area contributed by atoms with Crippen LogP contribution in [0.1, 0.15) is 23.7 Å². The number of rotatable bonds is 4. The van der Waals surface area contributed by atoms with E-state index >= 15 is 0 Å². The molecule has 2 rings (SSSR count). The van der Waals surface area contributed by atoms with E-state index in [0.29, 0.717) is 0 Å². The second kappa shape index (κ2) is 7.32. The topological polar surface area (TPSA) is 38.0 Å². The highest BCUT2D eigenvalue weighted by Gasteiger charge is 2.41. The Morgan fingerprint density at radius 3 is 2.08 bits per heavy atom. The molecule has 10 heteroatoms. The van der Waals surface area contributed by atoms with Crippen LogP contribution in [0.3, 0.4) is 0 Å². The first kappa shape index (κ1) is 20.3. The monoisotopic (exact) mass is 440 g/mol. The van der Waals surface area contributed by atoms with Gasteiger partial charge in [-0.25, -0.2) is 0 Å². The molecule has 26 heavy (non-hydrogen) atoms. The summed E-state index contributed by atoms with van der Waals surface area (Å²) in [7, 11) is 0. The lowest BCUT2D eigenvalue weighted by Crippen LogP contribution is -2.16. The molecule has 0 N–H and O–H groups in total. The van der Waals surface area contributed by atoms with Crippen LogP contribution in [-0.4, -0.2) is 11.2 Å². The van der Waals surface area contributed by atoms with Crippen molar-refractivity contribution in [2.75, 3.05) is 6.61 Å². The zero-order valence-corrected chi connectivity index (χ0v) is 14.8. The Bertz CT molecular complexity index is 831. The van der Waals surface area contributed by atoms with Crippen molar-refractivity contribution in [1.29, 1.82) is 5.26 Å². The summed E-state index contributed by atoms with van der Waals surface area (Å²) in [6.07, 6.45) is -9.38. The van der Waals surface area contributed by atoms with E-state index in [2.05, 4.69) is 15.9 Å². The number of benzene rings is 1. The van der Waals surface area contributed by atoms with Gasteiger partial charge in [0.25, 0.3) is 0 Å². The van der Waals surface area contributed by atoms with Crippen molar-refractivity contribution in [2.24, 2.45) is 0 Å². The number of halogens is 7. The molecule has 140 valence electrons. The highest BCUT2D eigenvalue weighted by molar-refractivity contribution is 9.10. The summed E-state index contributed by atoms with van der Waals surface area (Å²) >= 11 is 2.79. The molecular formula is C16H11BrF6N2O. The predicted molar refractivity (Wildman–Crippen MR) is 83.9 cm³/mol. The fraction of sp³-hybridized carbons (Fsp3) is 0.312. The van der Waals surface area contributed by atoms with E-state index in [4.69, 9.17) is 4.74 Å². The first-order valence-electron chi connectivity index (χ1n) is 7.17. The number of ether oxygens (including phenoxy) is 1. The smallest absolute Gasteiger partial charge is 0.361 e. The summed E-state index contributed by atoms with van der Waals surface area (Å²) in [6.45, 7) is 1.18. The number of hydrogen-bond acceptors (Lipinski definition) is 2. The molecule has 0 aliphatic carbocycles. The Balaban J connectivity index is 2.72. The maximum absolute atomic E-state index is 13.4. The summed E-state index contributed by atoms with van der Waals surface area (Å²) in [5, 5.41) is 9.29. The van der Waals surface area contributed by atoms with E-state index in [1.807, 2.05) is 0 Å². The van der Waals surface area contributed by atoms with Crippen LogP contribution in [0.4, 0.5) is 26.3 Å². The van der Waals surface area contributed by atoms with Crippen molar-refractivity contribution in [3.8, 4) is 17.3 Å². The maximum atomic E-state index is 13.4. The van der Waals surface area contributed by atoms with Crippen molar-refractivity contribution in [3.05, 3.63) is 45.6 Å². The Labute approximate surface area is 152 Å². The van der Waals surface area contributed by atoms with Gasteiger partial charge in [-0.2, -0.15) is 31.6 Å². The normalized spacial score (nSPS) is 12.3. The molecule has 0 fully saturated rings. The summed E-state index contributed by atoms with van der Waals surface area (Å²) in [6, 6.07) is 5.21. The van der Waals surface area contributed by atoms with E-state index < -0.39 is 34.8 Å². The van der Waals surface area contributed by atoms with Gasteiger partial charge in [-0.05, 0) is 40.5 Å². The zero-order valence-electron chi connectivity index (χ0n) is 13.2. The van der Waals surface area contributed by atoms with Crippen LogP contribution in [0.15, 0.2) is 28.7 Å². The van der Waals surface area contributed by atoms with Crippen LogP contribution in [0.5, 0.6) is 0 Å². The fourth-order valence-electron chi connectivity index (χ4n) is 2.40. The van der Waals surface area contributed by atoms with E-state index in [1.54, 1.807) is 13.0 Å². The van der Waals surface area contributed by atoms with Crippen molar-refractivity contribution in [2.45, 2.75) is 26.0 Å². The molecule has 1 heterocycles. The van der Waals surface area contributed by atoms with Crippen LogP contribution in [0, 0.1) is 11.3 Å². The van der Waals surface area contributed by atoms with Gasteiger partial charge in [-0.3, -0.25) is 0 Å². The number of hydrogen-bond donors (Lipinski definition) is 0. The van der Waals surface area contributed by atoms with Gasteiger partial charge in [0.1, 0.15) is 18.5 Å². The molecule has 0 bridgehead atoms. The number of aromatic nitrogens is 1. The van der Waals surface area contributed by atoms with Crippen LogP contribution in [-0.2, 0) is 23.8 Å². The quantitative estimate of drug-likeness (QED) is 0.561. The Hall–Kier alpha value is -1.99. The molecular weight excluding hydrogens is 430 g/mol. The van der Waals surface area contributed by atoms with Crippen molar-refractivity contribution < 1.29 is 31.1 Å². The van der Waals surface area contributed by atoms with Crippen LogP contribution < -0.4 is 0 Å². The van der Waals surface area contributed by atoms with Gasteiger partial charge < -0.3 is 9.30 Å². The maximum Gasteiger partial charge on any atom is 0.432 e. The number of nitriles is 1. The minimum atomic E-state index is -4.80. The van der Waals surface area contributed by atoms with Crippen LogP contribution in [0.2, 0.25) is 0 Å². The molecule has 0 radical (unpaired) electrons. The van der Waals surface area contributed by atoms with Crippen molar-refractivity contribution >= 4 is 15.9 Å². The Morgan fingerprint density at radius 1 is 1.08 bits per heavy atom. The van der Waals surface area contributed by atoms with Gasteiger partial charge in [-0.15, -0.1) is 0 Å². The molecule has 0 saturated heterocycles. The molecule has 0 saturated carbocycles. The molecule has 1 aromatic carbocycles. The third-order valence-corrected chi connectivity index (χ3v) is 4.27. The average molecular weight is 441 g/mol. The average Bonchev–Trinajstić information content (AvgIpc) is 2.83. The first-order chi connectivity index (χ1) is 12.0. The SMILES string of the molecule is CCOCn1c(-c2ccc(C(F)(F)F)cc2)c(C#N)c(Br)c1C(F)(F)F. The lowest BCUT2D eigenvalue weighted by molar-refractivity contribution is -0.146. The van der Waals surface area contributed by atoms with Crippen molar-refractivity contribution in [3.63, 3.8) is 0 Å². The largest absolute Gasteiger partial charge is 0.432 e. The molecule has 0 aliphatic rings. The predicted octanol–water partition coefficient (Wildman–Crippen LogP) is 5.82. The molecule has 0 atom stereocenters. The summed E-state index contributed by atoms with van der Waals surface area (Å²) < 4.78 is 83.7. The van der Waals surface area contributed by atoms with E-state index in [1.165, 1.54) is 0 Å². The fourth-order valence-corrected chi connectivity index (χ4v) is 3.11. The van der Waals surface area contributed by atoms with Crippen LogP contribution >= 0.6 is 15.9 Å². The number of alkyl halides is 6. The molecule has 2 aromatic rings. The molecule has 3 nitrogen and oxygen atoms in total. The van der Waals surface area contributed by atoms with E-state index in [0.717, 1.165) is 28.8 Å². The highest BCUT2D eigenvalue weighted by atomic mass is 79.9. The number of nitrogens with zero attached hydrogens (tertiary/aromatic N) is 2. The van der Waals surface area contributed by atoms with Gasteiger partial charge in [0.05, 0.1) is 21.3 Å². The molecule has 0 spiro atoms. The van der Waals surface area contributed by atoms with Gasteiger partial charge in [0.2, 0.25) is 0 Å². The summed E-state index contributed by atoms with van der Waals surface area (Å²) in [5.41, 5.74) is -2.56. The third-order valence-electron chi connectivity index (χ3n) is 3.49. The molecule has 1 aromatic heterocycles. The van der Waals surface area contributed by atoms with Gasteiger partial charge in [0, 0.05) is 6.61 Å². The lowest BCUT2D eigenvalue weighted by Gasteiger charge is -2.16. The Kier molecular flexibility index (Phi) is 5.73. The van der Waals surface area contributed by atoms with Crippen molar-refractivity contribution in [1.82, 2.24) is 4.57 Å². The summed E-state index contributed by atoms with van der Waals surface area (Å²) in [4.78, 5) is 0. The molecule has 0 unspecified atom stereocenters. The minimum absolute atomic E-state index is 0.0328.